The molecule has 1 heterocycles. The average Bonchev–Trinajstić information content (AvgIpc) is 2.75. The van der Waals surface area contributed by atoms with E-state index in [-0.39, 0.29) is 11.9 Å². The second-order valence-corrected chi connectivity index (χ2v) is 6.39. The molecule has 1 aromatic carbocycles. The van der Waals surface area contributed by atoms with E-state index in [0.717, 1.165) is 22.7 Å². The Hall–Kier alpha value is -0.780. The van der Waals surface area contributed by atoms with Gasteiger partial charge in [-0.15, -0.1) is 11.3 Å². The lowest BCUT2D eigenvalue weighted by Gasteiger charge is -2.14. The normalized spacial score (nSPS) is 12.7. The van der Waals surface area contributed by atoms with Crippen LogP contribution in [0.1, 0.15) is 34.1 Å². The minimum Gasteiger partial charge on any atom is -0.307 e. The molecule has 1 unspecified atom stereocenters. The highest BCUT2D eigenvalue weighted by atomic mass is 79.9. The minimum absolute atomic E-state index is 0.0633. The van der Waals surface area contributed by atoms with Crippen molar-refractivity contribution in [2.45, 2.75) is 26.3 Å². The van der Waals surface area contributed by atoms with E-state index >= 15 is 0 Å². The Labute approximate surface area is 125 Å². The Morgan fingerprint density at radius 2 is 2.21 bits per heavy atom. The van der Waals surface area contributed by atoms with Gasteiger partial charge >= 0.3 is 0 Å². The van der Waals surface area contributed by atoms with Gasteiger partial charge in [0.2, 0.25) is 0 Å². The van der Waals surface area contributed by atoms with Crippen LogP contribution in [-0.4, -0.2) is 12.0 Å². The maximum atomic E-state index is 13.7. The van der Waals surface area contributed by atoms with Gasteiger partial charge in [0.15, 0.2) is 0 Å². The van der Waals surface area contributed by atoms with Crippen LogP contribution in [0.3, 0.4) is 0 Å². The van der Waals surface area contributed by atoms with Crippen LogP contribution in [0.25, 0.3) is 0 Å². The van der Waals surface area contributed by atoms with E-state index in [2.05, 4.69) is 40.1 Å². The SMILES string of the molecule is CCc1nc(C(NC)c2ccc(Br)c(F)c2)sc1C. The van der Waals surface area contributed by atoms with Crippen LogP contribution in [-0.2, 0) is 6.42 Å². The van der Waals surface area contributed by atoms with Crippen LogP contribution in [0.15, 0.2) is 22.7 Å². The first-order valence-corrected chi connectivity index (χ1v) is 7.76. The molecule has 19 heavy (non-hydrogen) atoms. The van der Waals surface area contributed by atoms with E-state index in [0.29, 0.717) is 4.47 Å². The minimum atomic E-state index is -0.248. The fraction of sp³-hybridized carbons (Fsp3) is 0.357. The highest BCUT2D eigenvalue weighted by Gasteiger charge is 2.18. The molecule has 0 fully saturated rings. The van der Waals surface area contributed by atoms with Gasteiger partial charge in [-0.25, -0.2) is 9.37 Å². The Bertz CT molecular complexity index is 583. The van der Waals surface area contributed by atoms with Crippen LogP contribution in [0.4, 0.5) is 4.39 Å². The topological polar surface area (TPSA) is 24.9 Å². The number of hydrogen-bond acceptors (Lipinski definition) is 3. The molecule has 2 nitrogen and oxygen atoms in total. The zero-order valence-corrected chi connectivity index (χ0v) is 13.5. The van der Waals surface area contributed by atoms with E-state index in [9.17, 15) is 4.39 Å². The predicted octanol–water partition coefficient (Wildman–Crippen LogP) is 4.22. The second-order valence-electron chi connectivity index (χ2n) is 4.30. The predicted molar refractivity (Wildman–Crippen MR) is 81.2 cm³/mol. The summed E-state index contributed by atoms with van der Waals surface area (Å²) in [4.78, 5) is 5.88. The largest absolute Gasteiger partial charge is 0.307 e. The van der Waals surface area contributed by atoms with Gasteiger partial charge in [0.05, 0.1) is 16.2 Å². The lowest BCUT2D eigenvalue weighted by atomic mass is 10.1. The number of hydrogen-bond donors (Lipinski definition) is 1. The Balaban J connectivity index is 2.40. The number of benzene rings is 1. The first-order chi connectivity index (χ1) is 9.06. The highest BCUT2D eigenvalue weighted by Crippen LogP contribution is 2.29. The van der Waals surface area contributed by atoms with Crippen molar-refractivity contribution in [3.8, 4) is 0 Å². The fourth-order valence-electron chi connectivity index (χ4n) is 2.03. The molecule has 1 N–H and O–H groups in total. The first kappa shape index (κ1) is 14.6. The number of halogens is 2. The van der Waals surface area contributed by atoms with Crippen LogP contribution in [0, 0.1) is 12.7 Å². The van der Waals surface area contributed by atoms with Gasteiger partial charge in [0.25, 0.3) is 0 Å². The number of nitrogens with one attached hydrogen (secondary N) is 1. The maximum absolute atomic E-state index is 13.7. The smallest absolute Gasteiger partial charge is 0.137 e. The molecule has 0 radical (unpaired) electrons. The lowest BCUT2D eigenvalue weighted by molar-refractivity contribution is 0.610. The fourth-order valence-corrected chi connectivity index (χ4v) is 3.42. The molecule has 2 aromatic rings. The molecule has 102 valence electrons. The van der Waals surface area contributed by atoms with Crippen molar-refractivity contribution in [3.63, 3.8) is 0 Å². The molecular weight excluding hydrogens is 327 g/mol. The summed E-state index contributed by atoms with van der Waals surface area (Å²) in [6, 6.07) is 5.13. The average molecular weight is 343 g/mol. The number of rotatable bonds is 4. The lowest BCUT2D eigenvalue weighted by Crippen LogP contribution is -2.17. The summed E-state index contributed by atoms with van der Waals surface area (Å²) in [6.45, 7) is 4.17. The van der Waals surface area contributed by atoms with Crippen LogP contribution < -0.4 is 5.32 Å². The van der Waals surface area contributed by atoms with Crippen LogP contribution in [0.5, 0.6) is 0 Å². The quantitative estimate of drug-likeness (QED) is 0.899. The summed E-state index contributed by atoms with van der Waals surface area (Å²) < 4.78 is 14.1. The molecule has 1 atom stereocenters. The first-order valence-electron chi connectivity index (χ1n) is 6.15. The third kappa shape index (κ3) is 3.04. The van der Waals surface area contributed by atoms with Gasteiger partial charge in [-0.2, -0.15) is 0 Å². The van der Waals surface area contributed by atoms with Crippen molar-refractivity contribution in [3.05, 3.63) is 49.6 Å². The van der Waals surface area contributed by atoms with Gasteiger partial charge in [-0.1, -0.05) is 13.0 Å². The molecule has 0 spiro atoms. The molecule has 0 bridgehead atoms. The van der Waals surface area contributed by atoms with E-state index < -0.39 is 0 Å². The number of nitrogens with zero attached hydrogens (tertiary/aromatic N) is 1. The molecule has 0 aliphatic rings. The standard InChI is InChI=1S/C14H16BrFN2S/c1-4-12-8(2)19-14(18-12)13(17-3)9-5-6-10(15)11(16)7-9/h5-7,13,17H,4H2,1-3H3. The van der Waals surface area contributed by atoms with E-state index in [1.54, 1.807) is 23.5 Å². The van der Waals surface area contributed by atoms with Crippen molar-refractivity contribution in [2.24, 2.45) is 0 Å². The van der Waals surface area contributed by atoms with E-state index in [1.807, 2.05) is 13.1 Å². The molecule has 5 heteroatoms. The van der Waals surface area contributed by atoms with Crippen LogP contribution in [0.2, 0.25) is 0 Å². The van der Waals surface area contributed by atoms with Gasteiger partial charge in [0.1, 0.15) is 10.8 Å². The molecule has 2 rings (SSSR count). The molecule has 1 aromatic heterocycles. The Morgan fingerprint density at radius 3 is 2.74 bits per heavy atom. The molecule has 0 aliphatic carbocycles. The van der Waals surface area contributed by atoms with Crippen molar-refractivity contribution in [1.29, 1.82) is 0 Å². The van der Waals surface area contributed by atoms with Gasteiger partial charge < -0.3 is 5.32 Å². The highest BCUT2D eigenvalue weighted by molar-refractivity contribution is 9.10. The van der Waals surface area contributed by atoms with E-state index in [1.165, 1.54) is 4.88 Å². The number of aromatic nitrogens is 1. The summed E-state index contributed by atoms with van der Waals surface area (Å²) in [5, 5.41) is 4.20. The maximum Gasteiger partial charge on any atom is 0.137 e. The summed E-state index contributed by atoms with van der Waals surface area (Å²) in [5.74, 6) is -0.248. The summed E-state index contributed by atoms with van der Waals surface area (Å²) in [5.41, 5.74) is 2.01. The van der Waals surface area contributed by atoms with Crippen molar-refractivity contribution < 1.29 is 4.39 Å². The monoisotopic (exact) mass is 342 g/mol. The van der Waals surface area contributed by atoms with Crippen molar-refractivity contribution >= 4 is 27.3 Å². The summed E-state index contributed by atoms with van der Waals surface area (Å²) >= 11 is 4.84. The molecule has 0 saturated carbocycles. The van der Waals surface area contributed by atoms with Crippen LogP contribution >= 0.6 is 27.3 Å². The van der Waals surface area contributed by atoms with E-state index in [4.69, 9.17) is 0 Å². The number of thiazole rings is 1. The Kier molecular flexibility index (Phi) is 4.71. The zero-order chi connectivity index (χ0) is 14.0. The van der Waals surface area contributed by atoms with Gasteiger partial charge in [0, 0.05) is 4.88 Å². The molecule has 0 saturated heterocycles. The van der Waals surface area contributed by atoms with Gasteiger partial charge in [-0.05, 0) is 54.0 Å². The molecule has 0 amide bonds. The third-order valence-electron chi connectivity index (χ3n) is 3.06. The second kappa shape index (κ2) is 6.11. The summed E-state index contributed by atoms with van der Waals surface area (Å²) in [7, 11) is 1.87. The van der Waals surface area contributed by atoms with Gasteiger partial charge in [-0.3, -0.25) is 0 Å². The van der Waals surface area contributed by atoms with Crippen molar-refractivity contribution in [1.82, 2.24) is 10.3 Å². The summed E-state index contributed by atoms with van der Waals surface area (Å²) in [6.07, 6.45) is 0.924. The van der Waals surface area contributed by atoms with Crippen molar-refractivity contribution in [2.75, 3.05) is 7.05 Å². The number of aryl methyl sites for hydroxylation is 2. The third-order valence-corrected chi connectivity index (χ3v) is 4.78. The molecule has 0 aliphatic heterocycles. The zero-order valence-electron chi connectivity index (χ0n) is 11.1. The Morgan fingerprint density at radius 1 is 1.47 bits per heavy atom. The molecular formula is C14H16BrFN2S.